The summed E-state index contributed by atoms with van der Waals surface area (Å²) in [5, 5.41) is 23.0. The minimum atomic E-state index is -0.965. The molecule has 0 radical (unpaired) electrons. The first-order valence-electron chi connectivity index (χ1n) is 7.52. The van der Waals surface area contributed by atoms with Gasteiger partial charge in [0.2, 0.25) is 0 Å². The number of aryl methyl sites for hydroxylation is 1. The molecule has 0 fully saturated rings. The summed E-state index contributed by atoms with van der Waals surface area (Å²) in [5.74, 6) is -0.965. The fourth-order valence-corrected chi connectivity index (χ4v) is 2.63. The Labute approximate surface area is 139 Å². The lowest BCUT2D eigenvalue weighted by atomic mass is 9.98. The third-order valence-electron chi connectivity index (χ3n) is 3.68. The van der Waals surface area contributed by atoms with Crippen LogP contribution in [0.2, 0.25) is 0 Å². The van der Waals surface area contributed by atoms with Gasteiger partial charge >= 0.3 is 5.97 Å². The number of hydrogen-bond donors (Lipinski definition) is 2. The van der Waals surface area contributed by atoms with Crippen molar-refractivity contribution in [3.05, 3.63) is 60.0 Å². The number of carboxylic acids is 1. The van der Waals surface area contributed by atoms with Crippen molar-refractivity contribution >= 4 is 5.97 Å². The van der Waals surface area contributed by atoms with E-state index in [4.69, 9.17) is 0 Å². The minimum absolute atomic E-state index is 0.0227. The number of carboxylic acid groups (broad SMARTS) is 1. The van der Waals surface area contributed by atoms with E-state index in [1.807, 2.05) is 31.3 Å². The zero-order valence-electron chi connectivity index (χ0n) is 13.2. The monoisotopic (exact) mass is 323 g/mol. The van der Waals surface area contributed by atoms with Gasteiger partial charge < -0.3 is 10.2 Å². The van der Waals surface area contributed by atoms with Gasteiger partial charge in [-0.25, -0.2) is 4.79 Å². The molecule has 0 saturated heterocycles. The van der Waals surface area contributed by atoms with Gasteiger partial charge in [0.15, 0.2) is 0 Å². The van der Waals surface area contributed by atoms with Crippen molar-refractivity contribution in [3.63, 3.8) is 0 Å². The predicted molar refractivity (Wildman–Crippen MR) is 89.7 cm³/mol. The molecule has 0 bridgehead atoms. The van der Waals surface area contributed by atoms with Crippen molar-refractivity contribution in [3.8, 4) is 22.4 Å². The molecule has 2 aromatic heterocycles. The van der Waals surface area contributed by atoms with Gasteiger partial charge in [-0.05, 0) is 42.3 Å². The maximum absolute atomic E-state index is 11.3. The van der Waals surface area contributed by atoms with Crippen LogP contribution < -0.4 is 0 Å². The van der Waals surface area contributed by atoms with Gasteiger partial charge in [0.05, 0.1) is 18.7 Å². The Morgan fingerprint density at radius 2 is 1.92 bits per heavy atom. The lowest BCUT2D eigenvalue weighted by Gasteiger charge is -2.06. The molecule has 3 aromatic rings. The molecule has 0 amide bonds. The summed E-state index contributed by atoms with van der Waals surface area (Å²) in [6.07, 6.45) is 5.19. The number of nitrogens with zero attached hydrogens (tertiary/aromatic N) is 3. The largest absolute Gasteiger partial charge is 0.478 e. The van der Waals surface area contributed by atoms with Gasteiger partial charge in [-0.3, -0.25) is 9.67 Å². The second kappa shape index (κ2) is 6.64. The summed E-state index contributed by atoms with van der Waals surface area (Å²) in [4.78, 5) is 15.4. The third kappa shape index (κ3) is 3.18. The molecule has 0 aliphatic heterocycles. The van der Waals surface area contributed by atoms with Gasteiger partial charge in [0, 0.05) is 29.7 Å². The molecule has 6 nitrogen and oxygen atoms in total. The molecule has 0 unspecified atom stereocenters. The number of benzene rings is 1. The van der Waals surface area contributed by atoms with E-state index in [9.17, 15) is 15.0 Å². The van der Waals surface area contributed by atoms with Gasteiger partial charge in [-0.15, -0.1) is 0 Å². The van der Waals surface area contributed by atoms with Crippen LogP contribution in [0.3, 0.4) is 0 Å². The Balaban J connectivity index is 2.18. The van der Waals surface area contributed by atoms with E-state index >= 15 is 0 Å². The number of hydrogen-bond acceptors (Lipinski definition) is 4. The van der Waals surface area contributed by atoms with E-state index in [1.165, 1.54) is 0 Å². The average molecular weight is 323 g/mol. The van der Waals surface area contributed by atoms with E-state index in [2.05, 4.69) is 10.1 Å². The Hall–Kier alpha value is -2.99. The van der Waals surface area contributed by atoms with Crippen LogP contribution in [0.4, 0.5) is 0 Å². The Bertz CT molecular complexity index is 872. The number of pyridine rings is 1. The van der Waals surface area contributed by atoms with Crippen LogP contribution in [0.15, 0.2) is 48.9 Å². The first kappa shape index (κ1) is 15.9. The van der Waals surface area contributed by atoms with Crippen LogP contribution >= 0.6 is 0 Å². The predicted octanol–water partition coefficient (Wildman–Crippen LogP) is 2.61. The van der Waals surface area contributed by atoms with Gasteiger partial charge in [0.25, 0.3) is 0 Å². The molecule has 122 valence electrons. The first-order chi connectivity index (χ1) is 11.6. The Morgan fingerprint density at radius 1 is 1.17 bits per heavy atom. The molecule has 6 heteroatoms. The fraction of sp³-hybridized carbons (Fsp3) is 0.167. The highest BCUT2D eigenvalue weighted by atomic mass is 16.4. The molecule has 24 heavy (non-hydrogen) atoms. The standard InChI is InChI=1S/C18H17N3O3/c1-12-8-14(10-15(9-12)18(23)24)16-11-21(6-7-22)20-17(16)13-2-4-19-5-3-13/h2-5,8-11,22H,6-7H2,1H3,(H,23,24). The first-order valence-corrected chi connectivity index (χ1v) is 7.52. The zero-order chi connectivity index (χ0) is 17.1. The number of carbonyl (C=O) groups is 1. The average Bonchev–Trinajstić information content (AvgIpc) is 2.99. The summed E-state index contributed by atoms with van der Waals surface area (Å²) in [6.45, 7) is 2.21. The second-order valence-corrected chi connectivity index (χ2v) is 5.51. The van der Waals surface area contributed by atoms with Crippen molar-refractivity contribution in [1.82, 2.24) is 14.8 Å². The molecule has 2 heterocycles. The van der Waals surface area contributed by atoms with Crippen LogP contribution in [0, 0.1) is 6.92 Å². The van der Waals surface area contributed by atoms with E-state index in [0.29, 0.717) is 6.54 Å². The number of aromatic carboxylic acids is 1. The van der Waals surface area contributed by atoms with Gasteiger partial charge in [-0.1, -0.05) is 6.07 Å². The topological polar surface area (TPSA) is 88.2 Å². The molecule has 0 aliphatic rings. The lowest BCUT2D eigenvalue weighted by Crippen LogP contribution is -2.02. The Morgan fingerprint density at radius 3 is 2.58 bits per heavy atom. The molecule has 1 aromatic carbocycles. The van der Waals surface area contributed by atoms with E-state index in [-0.39, 0.29) is 12.2 Å². The summed E-state index contributed by atoms with van der Waals surface area (Å²) < 4.78 is 1.66. The van der Waals surface area contributed by atoms with Crippen LogP contribution in [0.1, 0.15) is 15.9 Å². The number of aliphatic hydroxyl groups is 1. The van der Waals surface area contributed by atoms with Crippen molar-refractivity contribution in [2.75, 3.05) is 6.61 Å². The van der Waals surface area contributed by atoms with Crippen molar-refractivity contribution < 1.29 is 15.0 Å². The maximum atomic E-state index is 11.3. The molecule has 0 saturated carbocycles. The SMILES string of the molecule is Cc1cc(C(=O)O)cc(-c2cn(CCO)nc2-c2ccncc2)c1. The van der Waals surface area contributed by atoms with Gasteiger partial charge in [-0.2, -0.15) is 5.10 Å². The lowest BCUT2D eigenvalue weighted by molar-refractivity contribution is 0.0697. The normalized spacial score (nSPS) is 10.8. The zero-order valence-corrected chi connectivity index (χ0v) is 13.2. The quantitative estimate of drug-likeness (QED) is 0.753. The smallest absolute Gasteiger partial charge is 0.335 e. The minimum Gasteiger partial charge on any atom is -0.478 e. The maximum Gasteiger partial charge on any atom is 0.335 e. The van der Waals surface area contributed by atoms with Crippen LogP contribution in [-0.4, -0.2) is 37.6 Å². The second-order valence-electron chi connectivity index (χ2n) is 5.51. The van der Waals surface area contributed by atoms with Crippen molar-refractivity contribution in [1.29, 1.82) is 0 Å². The van der Waals surface area contributed by atoms with E-state index in [0.717, 1.165) is 27.9 Å². The summed E-state index contributed by atoms with van der Waals surface area (Å²) in [6, 6.07) is 8.90. The number of rotatable bonds is 5. The summed E-state index contributed by atoms with van der Waals surface area (Å²) in [5.41, 5.74) is 4.31. The van der Waals surface area contributed by atoms with Crippen LogP contribution in [0.25, 0.3) is 22.4 Å². The molecule has 3 rings (SSSR count). The molecular formula is C18H17N3O3. The fourth-order valence-electron chi connectivity index (χ4n) is 2.63. The number of aromatic nitrogens is 3. The molecule has 2 N–H and O–H groups in total. The molecule has 0 spiro atoms. The highest BCUT2D eigenvalue weighted by molar-refractivity contribution is 5.91. The van der Waals surface area contributed by atoms with Gasteiger partial charge in [0.1, 0.15) is 5.69 Å². The Kier molecular flexibility index (Phi) is 4.39. The highest BCUT2D eigenvalue weighted by Gasteiger charge is 2.15. The van der Waals surface area contributed by atoms with E-state index in [1.54, 1.807) is 29.2 Å². The molecular weight excluding hydrogens is 306 g/mol. The van der Waals surface area contributed by atoms with E-state index < -0.39 is 5.97 Å². The highest BCUT2D eigenvalue weighted by Crippen LogP contribution is 2.32. The van der Waals surface area contributed by atoms with Crippen LogP contribution in [0.5, 0.6) is 0 Å². The van der Waals surface area contributed by atoms with Crippen molar-refractivity contribution in [2.45, 2.75) is 13.5 Å². The van der Waals surface area contributed by atoms with Crippen molar-refractivity contribution in [2.24, 2.45) is 0 Å². The number of aliphatic hydroxyl groups excluding tert-OH is 1. The summed E-state index contributed by atoms with van der Waals surface area (Å²) in [7, 11) is 0. The molecule has 0 aliphatic carbocycles. The van der Waals surface area contributed by atoms with Crippen LogP contribution in [-0.2, 0) is 6.54 Å². The molecule has 0 atom stereocenters. The summed E-state index contributed by atoms with van der Waals surface area (Å²) >= 11 is 0. The third-order valence-corrected chi connectivity index (χ3v) is 3.68.